The van der Waals surface area contributed by atoms with Crippen molar-refractivity contribution in [2.24, 2.45) is 11.8 Å². The highest BCUT2D eigenvalue weighted by Crippen LogP contribution is 2.42. The number of hydrogen-bond donors (Lipinski definition) is 1. The number of ether oxygens (including phenoxy) is 1. The first-order valence-electron chi connectivity index (χ1n) is 7.45. The van der Waals surface area contributed by atoms with Crippen LogP contribution in [0.2, 0.25) is 0 Å². The minimum atomic E-state index is 0.212. The van der Waals surface area contributed by atoms with Gasteiger partial charge < -0.3 is 10.1 Å². The lowest BCUT2D eigenvalue weighted by molar-refractivity contribution is -0.0995. The molecule has 0 amide bonds. The fourth-order valence-electron chi connectivity index (χ4n) is 3.28. The van der Waals surface area contributed by atoms with Crippen LogP contribution in [0.1, 0.15) is 31.9 Å². The highest BCUT2D eigenvalue weighted by atomic mass is 16.5. The number of nitrogens with one attached hydrogen (secondary N) is 1. The molecule has 0 saturated carbocycles. The molecule has 0 radical (unpaired) electrons. The lowest BCUT2D eigenvalue weighted by Crippen LogP contribution is -2.56. The Hall–Kier alpha value is -0.860. The van der Waals surface area contributed by atoms with Gasteiger partial charge in [0.05, 0.1) is 13.2 Å². The van der Waals surface area contributed by atoms with E-state index in [4.69, 9.17) is 4.74 Å². The Morgan fingerprint density at radius 3 is 2.21 bits per heavy atom. The van der Waals surface area contributed by atoms with Crippen LogP contribution in [-0.4, -0.2) is 26.8 Å². The van der Waals surface area contributed by atoms with Crippen LogP contribution in [0.5, 0.6) is 0 Å². The van der Waals surface area contributed by atoms with Crippen molar-refractivity contribution < 1.29 is 4.74 Å². The Bertz CT molecular complexity index is 392. The SMILES string of the molecule is CCc1ccc(C2(C(CNC)C(C)C)COC2)cc1. The maximum Gasteiger partial charge on any atom is 0.0588 e. The van der Waals surface area contributed by atoms with Gasteiger partial charge in [0.15, 0.2) is 0 Å². The maximum absolute atomic E-state index is 5.60. The second-order valence-electron chi connectivity index (χ2n) is 6.11. The summed E-state index contributed by atoms with van der Waals surface area (Å²) in [6.45, 7) is 9.63. The summed E-state index contributed by atoms with van der Waals surface area (Å²) < 4.78 is 5.60. The molecular formula is C17H27NO. The Morgan fingerprint density at radius 1 is 1.21 bits per heavy atom. The minimum absolute atomic E-state index is 0.212. The van der Waals surface area contributed by atoms with Crippen molar-refractivity contribution in [3.8, 4) is 0 Å². The molecule has 0 aliphatic carbocycles. The molecule has 19 heavy (non-hydrogen) atoms. The molecule has 1 aromatic rings. The number of rotatable bonds is 6. The molecule has 1 aliphatic rings. The first-order valence-corrected chi connectivity index (χ1v) is 7.45. The Balaban J connectivity index is 2.29. The predicted molar refractivity (Wildman–Crippen MR) is 80.6 cm³/mol. The quantitative estimate of drug-likeness (QED) is 0.850. The molecule has 1 N–H and O–H groups in total. The van der Waals surface area contributed by atoms with Gasteiger partial charge in [-0.05, 0) is 43.0 Å². The van der Waals surface area contributed by atoms with Crippen LogP contribution in [0.25, 0.3) is 0 Å². The molecule has 1 aliphatic heterocycles. The zero-order chi connectivity index (χ0) is 13.9. The van der Waals surface area contributed by atoms with Crippen molar-refractivity contribution in [2.45, 2.75) is 32.6 Å². The van der Waals surface area contributed by atoms with E-state index in [0.29, 0.717) is 11.8 Å². The molecule has 1 aromatic carbocycles. The average molecular weight is 261 g/mol. The van der Waals surface area contributed by atoms with Crippen LogP contribution in [-0.2, 0) is 16.6 Å². The summed E-state index contributed by atoms with van der Waals surface area (Å²) in [5, 5.41) is 3.36. The molecule has 1 heterocycles. The van der Waals surface area contributed by atoms with Crippen LogP contribution in [0, 0.1) is 11.8 Å². The average Bonchev–Trinajstić information content (AvgIpc) is 2.37. The topological polar surface area (TPSA) is 21.3 Å². The summed E-state index contributed by atoms with van der Waals surface area (Å²) in [7, 11) is 2.04. The molecule has 1 fully saturated rings. The highest BCUT2D eigenvalue weighted by molar-refractivity contribution is 5.32. The molecule has 1 unspecified atom stereocenters. The molecule has 0 spiro atoms. The zero-order valence-corrected chi connectivity index (χ0v) is 12.7. The Labute approximate surface area is 117 Å². The van der Waals surface area contributed by atoms with Crippen molar-refractivity contribution in [2.75, 3.05) is 26.8 Å². The van der Waals surface area contributed by atoms with Crippen LogP contribution < -0.4 is 5.32 Å². The van der Waals surface area contributed by atoms with Crippen LogP contribution in [0.15, 0.2) is 24.3 Å². The highest BCUT2D eigenvalue weighted by Gasteiger charge is 2.47. The summed E-state index contributed by atoms with van der Waals surface area (Å²) in [6, 6.07) is 9.16. The van der Waals surface area contributed by atoms with Gasteiger partial charge in [-0.2, -0.15) is 0 Å². The van der Waals surface area contributed by atoms with Crippen LogP contribution in [0.3, 0.4) is 0 Å². The van der Waals surface area contributed by atoms with E-state index >= 15 is 0 Å². The molecule has 106 valence electrons. The molecule has 2 rings (SSSR count). The summed E-state index contributed by atoms with van der Waals surface area (Å²) in [5.74, 6) is 1.28. The second kappa shape index (κ2) is 6.06. The normalized spacial score (nSPS) is 19.2. The van der Waals surface area contributed by atoms with E-state index in [9.17, 15) is 0 Å². The number of benzene rings is 1. The standard InChI is InChI=1S/C17H27NO/c1-5-14-6-8-15(9-7-14)17(11-19-12-17)16(10-18-4)13(2)3/h6-9,13,16,18H,5,10-12H2,1-4H3. The largest absolute Gasteiger partial charge is 0.379 e. The van der Waals surface area contributed by atoms with Gasteiger partial charge in [0, 0.05) is 5.41 Å². The predicted octanol–water partition coefficient (Wildman–Crippen LogP) is 3.01. The molecule has 0 aromatic heterocycles. The number of hydrogen-bond acceptors (Lipinski definition) is 2. The summed E-state index contributed by atoms with van der Waals surface area (Å²) in [5.41, 5.74) is 3.07. The van der Waals surface area contributed by atoms with E-state index in [1.807, 2.05) is 7.05 Å². The summed E-state index contributed by atoms with van der Waals surface area (Å²) in [6.07, 6.45) is 1.11. The fraction of sp³-hybridized carbons (Fsp3) is 0.647. The van der Waals surface area contributed by atoms with Gasteiger partial charge in [0.2, 0.25) is 0 Å². The first-order chi connectivity index (χ1) is 9.14. The van der Waals surface area contributed by atoms with E-state index in [0.717, 1.165) is 26.2 Å². The number of aryl methyl sites for hydroxylation is 1. The molecule has 1 atom stereocenters. The first kappa shape index (κ1) is 14.5. The van der Waals surface area contributed by atoms with E-state index in [2.05, 4.69) is 50.4 Å². The minimum Gasteiger partial charge on any atom is -0.379 e. The zero-order valence-electron chi connectivity index (χ0n) is 12.7. The van der Waals surface area contributed by atoms with E-state index in [1.54, 1.807) is 0 Å². The van der Waals surface area contributed by atoms with Gasteiger partial charge in [-0.3, -0.25) is 0 Å². The monoisotopic (exact) mass is 261 g/mol. The van der Waals surface area contributed by atoms with Crippen molar-refractivity contribution in [3.63, 3.8) is 0 Å². The third kappa shape index (κ3) is 2.70. The maximum atomic E-state index is 5.60. The van der Waals surface area contributed by atoms with Gasteiger partial charge in [-0.15, -0.1) is 0 Å². The van der Waals surface area contributed by atoms with E-state index in [-0.39, 0.29) is 5.41 Å². The van der Waals surface area contributed by atoms with Gasteiger partial charge >= 0.3 is 0 Å². The van der Waals surface area contributed by atoms with E-state index < -0.39 is 0 Å². The summed E-state index contributed by atoms with van der Waals surface area (Å²) in [4.78, 5) is 0. The lowest BCUT2D eigenvalue weighted by atomic mass is 9.64. The second-order valence-corrected chi connectivity index (χ2v) is 6.11. The Morgan fingerprint density at radius 2 is 1.84 bits per heavy atom. The fourth-order valence-corrected chi connectivity index (χ4v) is 3.28. The van der Waals surface area contributed by atoms with Crippen molar-refractivity contribution in [3.05, 3.63) is 35.4 Å². The molecule has 2 nitrogen and oxygen atoms in total. The molecule has 2 heteroatoms. The lowest BCUT2D eigenvalue weighted by Gasteiger charge is -2.49. The van der Waals surface area contributed by atoms with Crippen LogP contribution >= 0.6 is 0 Å². The Kier molecular flexibility index (Phi) is 4.64. The molecular weight excluding hydrogens is 234 g/mol. The van der Waals surface area contributed by atoms with Gasteiger partial charge in [-0.25, -0.2) is 0 Å². The third-order valence-electron chi connectivity index (χ3n) is 4.59. The van der Waals surface area contributed by atoms with Gasteiger partial charge in [-0.1, -0.05) is 45.0 Å². The molecule has 0 bridgehead atoms. The summed E-state index contributed by atoms with van der Waals surface area (Å²) >= 11 is 0. The van der Waals surface area contributed by atoms with Gasteiger partial charge in [0.25, 0.3) is 0 Å². The molecule has 1 saturated heterocycles. The smallest absolute Gasteiger partial charge is 0.0588 e. The van der Waals surface area contributed by atoms with E-state index in [1.165, 1.54) is 11.1 Å². The van der Waals surface area contributed by atoms with Crippen molar-refractivity contribution in [1.82, 2.24) is 5.32 Å². The van der Waals surface area contributed by atoms with Crippen LogP contribution in [0.4, 0.5) is 0 Å². The van der Waals surface area contributed by atoms with Crippen molar-refractivity contribution >= 4 is 0 Å². The van der Waals surface area contributed by atoms with Gasteiger partial charge in [0.1, 0.15) is 0 Å². The van der Waals surface area contributed by atoms with Crippen molar-refractivity contribution in [1.29, 1.82) is 0 Å². The third-order valence-corrected chi connectivity index (χ3v) is 4.59.